The Labute approximate surface area is 139 Å². The van der Waals surface area contributed by atoms with E-state index in [1.165, 1.54) is 11.3 Å². The van der Waals surface area contributed by atoms with Crippen LogP contribution in [0.4, 0.5) is 9.93 Å². The second-order valence-electron chi connectivity index (χ2n) is 5.93. The fourth-order valence-electron chi connectivity index (χ4n) is 1.71. The molecule has 0 bridgehead atoms. The van der Waals surface area contributed by atoms with E-state index in [2.05, 4.69) is 15.6 Å². The summed E-state index contributed by atoms with van der Waals surface area (Å²) >= 11 is 1.30. The lowest BCUT2D eigenvalue weighted by Gasteiger charge is -2.19. The van der Waals surface area contributed by atoms with Gasteiger partial charge in [0.25, 0.3) is 0 Å². The third-order valence-corrected chi connectivity index (χ3v) is 3.41. The minimum atomic E-state index is -0.722. The zero-order valence-electron chi connectivity index (χ0n) is 13.6. The molecule has 1 aromatic heterocycles. The van der Waals surface area contributed by atoms with E-state index in [-0.39, 0.29) is 5.91 Å². The van der Waals surface area contributed by atoms with E-state index in [4.69, 9.17) is 9.94 Å². The van der Waals surface area contributed by atoms with Crippen molar-refractivity contribution < 1.29 is 19.5 Å². The number of nitrogens with one attached hydrogen (secondary N) is 3. The van der Waals surface area contributed by atoms with Crippen LogP contribution in [0, 0.1) is 0 Å². The zero-order chi connectivity index (χ0) is 17.3. The lowest BCUT2D eigenvalue weighted by Crippen LogP contribution is -2.39. The molecular formula is C14H24N4O4S. The molecule has 0 aliphatic carbocycles. The highest BCUT2D eigenvalue weighted by atomic mass is 32.1. The van der Waals surface area contributed by atoms with Gasteiger partial charge in [-0.2, -0.15) is 5.48 Å². The number of nitrogens with zero attached hydrogens (tertiary/aromatic N) is 1. The minimum Gasteiger partial charge on any atom is -0.444 e. The van der Waals surface area contributed by atoms with Crippen molar-refractivity contribution in [3.05, 3.63) is 11.6 Å². The van der Waals surface area contributed by atoms with E-state index >= 15 is 0 Å². The van der Waals surface area contributed by atoms with Gasteiger partial charge in [0.15, 0.2) is 5.13 Å². The smallest absolute Gasteiger partial charge is 0.407 e. The standard InChI is InChI=1S/C14H24N4O4S/c1-14(2,3)22-13(20)16-7-5-4-6-10(18-21)11(19)17-12-15-8-9-23-12/h8-10,18,21H,4-7H2,1-3H3,(H,16,20)(H,15,17,19). The molecule has 8 nitrogen and oxygen atoms in total. The van der Waals surface area contributed by atoms with Crippen LogP contribution in [0.3, 0.4) is 0 Å². The third-order valence-electron chi connectivity index (χ3n) is 2.72. The van der Waals surface area contributed by atoms with E-state index < -0.39 is 17.7 Å². The van der Waals surface area contributed by atoms with Crippen LogP contribution in [0.15, 0.2) is 11.6 Å². The maximum atomic E-state index is 11.9. The van der Waals surface area contributed by atoms with Gasteiger partial charge in [0.05, 0.1) is 0 Å². The normalized spacial score (nSPS) is 12.5. The molecule has 0 aliphatic rings. The zero-order valence-corrected chi connectivity index (χ0v) is 14.4. The van der Waals surface area contributed by atoms with Crippen molar-refractivity contribution in [1.29, 1.82) is 0 Å². The topological polar surface area (TPSA) is 113 Å². The molecule has 0 aromatic carbocycles. The minimum absolute atomic E-state index is 0.345. The van der Waals surface area contributed by atoms with Crippen molar-refractivity contribution in [2.75, 3.05) is 11.9 Å². The monoisotopic (exact) mass is 344 g/mol. The number of hydroxylamine groups is 1. The van der Waals surface area contributed by atoms with Gasteiger partial charge in [-0.25, -0.2) is 9.78 Å². The number of hydrogen-bond acceptors (Lipinski definition) is 7. The molecule has 1 unspecified atom stereocenters. The van der Waals surface area contributed by atoms with Crippen LogP contribution in [-0.2, 0) is 9.53 Å². The average Bonchev–Trinajstić information content (AvgIpc) is 2.93. The SMILES string of the molecule is CC(C)(C)OC(=O)NCCCCC(NO)C(=O)Nc1nccs1. The number of hydrogen-bond donors (Lipinski definition) is 4. The number of thiazole rings is 1. The molecule has 1 heterocycles. The molecule has 0 spiro atoms. The predicted octanol–water partition coefficient (Wildman–Crippen LogP) is 2.12. The molecule has 0 aliphatic heterocycles. The predicted molar refractivity (Wildman–Crippen MR) is 87.5 cm³/mol. The lowest BCUT2D eigenvalue weighted by molar-refractivity contribution is -0.120. The van der Waals surface area contributed by atoms with Crippen molar-refractivity contribution in [1.82, 2.24) is 15.8 Å². The van der Waals surface area contributed by atoms with E-state index in [1.54, 1.807) is 32.3 Å². The second-order valence-corrected chi connectivity index (χ2v) is 6.83. The van der Waals surface area contributed by atoms with Gasteiger partial charge in [0.1, 0.15) is 11.6 Å². The van der Waals surface area contributed by atoms with Crippen LogP contribution < -0.4 is 16.1 Å². The van der Waals surface area contributed by atoms with Gasteiger partial charge >= 0.3 is 6.09 Å². The van der Waals surface area contributed by atoms with Crippen molar-refractivity contribution in [3.8, 4) is 0 Å². The molecule has 23 heavy (non-hydrogen) atoms. The lowest BCUT2D eigenvalue weighted by atomic mass is 10.1. The van der Waals surface area contributed by atoms with E-state index in [9.17, 15) is 9.59 Å². The van der Waals surface area contributed by atoms with Crippen molar-refractivity contribution in [3.63, 3.8) is 0 Å². The Balaban J connectivity index is 2.19. The number of ether oxygens (including phenoxy) is 1. The van der Waals surface area contributed by atoms with Gasteiger partial charge in [-0.05, 0) is 40.0 Å². The summed E-state index contributed by atoms with van der Waals surface area (Å²) in [6.07, 6.45) is 2.88. The van der Waals surface area contributed by atoms with Crippen LogP contribution >= 0.6 is 11.3 Å². The van der Waals surface area contributed by atoms with E-state index in [0.717, 1.165) is 0 Å². The third kappa shape index (κ3) is 8.48. The molecule has 4 N–H and O–H groups in total. The summed E-state index contributed by atoms with van der Waals surface area (Å²) in [4.78, 5) is 27.3. The van der Waals surface area contributed by atoms with Gasteiger partial charge in [0.2, 0.25) is 5.91 Å². The Morgan fingerprint density at radius 1 is 1.39 bits per heavy atom. The summed E-state index contributed by atoms with van der Waals surface area (Å²) in [5, 5.41) is 16.6. The van der Waals surface area contributed by atoms with Crippen LogP contribution in [0.1, 0.15) is 40.0 Å². The molecule has 9 heteroatoms. The number of unbranched alkanes of at least 4 members (excludes halogenated alkanes) is 1. The average molecular weight is 344 g/mol. The molecule has 1 rings (SSSR count). The maximum Gasteiger partial charge on any atom is 0.407 e. The summed E-state index contributed by atoms with van der Waals surface area (Å²) in [5.41, 5.74) is 1.47. The fraction of sp³-hybridized carbons (Fsp3) is 0.643. The van der Waals surface area contributed by atoms with Gasteiger partial charge in [-0.1, -0.05) is 0 Å². The Morgan fingerprint density at radius 3 is 2.70 bits per heavy atom. The second kappa shape index (κ2) is 9.43. The fourth-order valence-corrected chi connectivity index (χ4v) is 2.24. The largest absolute Gasteiger partial charge is 0.444 e. The summed E-state index contributed by atoms with van der Waals surface area (Å²) in [6, 6.07) is -0.722. The van der Waals surface area contributed by atoms with Crippen molar-refractivity contribution in [2.45, 2.75) is 51.7 Å². The van der Waals surface area contributed by atoms with Gasteiger partial charge in [-0.3, -0.25) is 4.79 Å². The first-order valence-electron chi connectivity index (χ1n) is 7.38. The summed E-state index contributed by atoms with van der Waals surface area (Å²) in [5.74, 6) is -0.345. The molecule has 0 saturated heterocycles. The number of amides is 2. The number of carbonyl (C=O) groups excluding carboxylic acids is 2. The number of carbonyl (C=O) groups is 2. The summed E-state index contributed by atoms with van der Waals surface area (Å²) in [7, 11) is 0. The maximum absolute atomic E-state index is 11.9. The first-order chi connectivity index (χ1) is 10.8. The van der Waals surface area contributed by atoms with Crippen molar-refractivity contribution >= 4 is 28.5 Å². The molecule has 0 fully saturated rings. The quantitative estimate of drug-likeness (QED) is 0.424. The Bertz CT molecular complexity index is 487. The first kappa shape index (κ1) is 19.3. The van der Waals surface area contributed by atoms with Crippen molar-refractivity contribution in [2.24, 2.45) is 0 Å². The number of rotatable bonds is 8. The summed E-state index contributed by atoms with van der Waals surface area (Å²) < 4.78 is 5.11. The molecule has 130 valence electrons. The van der Waals surface area contributed by atoms with E-state index in [0.29, 0.717) is 30.9 Å². The highest BCUT2D eigenvalue weighted by Crippen LogP contribution is 2.12. The Morgan fingerprint density at radius 2 is 2.13 bits per heavy atom. The van der Waals surface area contributed by atoms with Crippen LogP contribution in [0.25, 0.3) is 0 Å². The molecule has 1 aromatic rings. The first-order valence-corrected chi connectivity index (χ1v) is 8.26. The number of alkyl carbamates (subject to hydrolysis) is 1. The van der Waals surface area contributed by atoms with Gasteiger partial charge < -0.3 is 20.6 Å². The highest BCUT2D eigenvalue weighted by Gasteiger charge is 2.18. The van der Waals surface area contributed by atoms with Crippen LogP contribution in [-0.4, -0.2) is 40.4 Å². The number of anilines is 1. The Kier molecular flexibility index (Phi) is 7.93. The van der Waals surface area contributed by atoms with Crippen LogP contribution in [0.5, 0.6) is 0 Å². The molecule has 0 saturated carbocycles. The van der Waals surface area contributed by atoms with Gasteiger partial charge in [-0.15, -0.1) is 11.3 Å². The molecule has 2 amide bonds. The molecular weight excluding hydrogens is 320 g/mol. The molecule has 1 atom stereocenters. The molecule has 0 radical (unpaired) electrons. The highest BCUT2D eigenvalue weighted by molar-refractivity contribution is 7.13. The Hall–Kier alpha value is -1.71. The van der Waals surface area contributed by atoms with Gasteiger partial charge in [0, 0.05) is 18.1 Å². The number of aromatic nitrogens is 1. The van der Waals surface area contributed by atoms with Crippen LogP contribution in [0.2, 0.25) is 0 Å². The summed E-state index contributed by atoms with van der Waals surface area (Å²) in [6.45, 7) is 5.84. The van der Waals surface area contributed by atoms with E-state index in [1.807, 2.05) is 5.48 Å².